The highest BCUT2D eigenvalue weighted by Crippen LogP contribution is 2.20. The van der Waals surface area contributed by atoms with E-state index in [1.54, 1.807) is 39.0 Å². The van der Waals surface area contributed by atoms with E-state index in [1.165, 1.54) is 0 Å². The van der Waals surface area contributed by atoms with Crippen molar-refractivity contribution >= 4 is 29.3 Å². The quantitative estimate of drug-likeness (QED) is 0.865. The zero-order chi connectivity index (χ0) is 17.8. The van der Waals surface area contributed by atoms with E-state index in [4.69, 9.17) is 16.3 Å². The number of rotatable bonds is 4. The molecule has 0 aliphatic heterocycles. The van der Waals surface area contributed by atoms with E-state index >= 15 is 0 Å². The van der Waals surface area contributed by atoms with Crippen LogP contribution in [0, 0.1) is 12.8 Å². The monoisotopic (exact) mass is 340 g/mol. The number of carbonyl (C=O) groups excluding carboxylic acids is 2. The molecule has 0 spiro atoms. The van der Waals surface area contributed by atoms with Gasteiger partial charge in [0.25, 0.3) is 0 Å². The highest BCUT2D eigenvalue weighted by molar-refractivity contribution is 6.30. The summed E-state index contributed by atoms with van der Waals surface area (Å²) in [6.07, 6.45) is -0.612. The van der Waals surface area contributed by atoms with Crippen LogP contribution in [0.2, 0.25) is 5.02 Å². The Labute approximate surface area is 142 Å². The fraction of sp³-hybridized carbons (Fsp3) is 0.529. The summed E-state index contributed by atoms with van der Waals surface area (Å²) in [4.78, 5) is 24.4. The fourth-order valence-corrected chi connectivity index (χ4v) is 2.17. The van der Waals surface area contributed by atoms with Crippen LogP contribution in [0.1, 0.15) is 40.2 Å². The molecule has 0 aliphatic carbocycles. The summed E-state index contributed by atoms with van der Waals surface area (Å²) in [6.45, 7) is 10.9. The van der Waals surface area contributed by atoms with Crippen molar-refractivity contribution in [1.82, 2.24) is 5.32 Å². The van der Waals surface area contributed by atoms with E-state index in [0.29, 0.717) is 10.7 Å². The molecule has 0 bridgehead atoms. The predicted molar refractivity (Wildman–Crippen MR) is 92.8 cm³/mol. The molecule has 1 aromatic carbocycles. The van der Waals surface area contributed by atoms with E-state index in [0.717, 1.165) is 5.56 Å². The van der Waals surface area contributed by atoms with Crippen molar-refractivity contribution in [2.75, 3.05) is 5.32 Å². The molecule has 0 saturated heterocycles. The van der Waals surface area contributed by atoms with Gasteiger partial charge < -0.3 is 15.4 Å². The van der Waals surface area contributed by atoms with E-state index in [-0.39, 0.29) is 11.8 Å². The SMILES string of the molecule is Cc1cc(Cl)ccc1NC(=O)[C@H](NC(=O)OC(C)(C)C)C(C)C. The molecule has 2 amide bonds. The summed E-state index contributed by atoms with van der Waals surface area (Å²) in [5.41, 5.74) is 0.899. The van der Waals surface area contributed by atoms with Crippen molar-refractivity contribution in [2.45, 2.75) is 53.2 Å². The van der Waals surface area contributed by atoms with Crippen molar-refractivity contribution in [2.24, 2.45) is 5.92 Å². The number of nitrogens with one attached hydrogen (secondary N) is 2. The van der Waals surface area contributed by atoms with Crippen molar-refractivity contribution in [3.8, 4) is 0 Å². The number of aryl methyl sites for hydroxylation is 1. The molecule has 0 saturated carbocycles. The van der Waals surface area contributed by atoms with Gasteiger partial charge in [-0.1, -0.05) is 25.4 Å². The van der Waals surface area contributed by atoms with Gasteiger partial charge in [-0.3, -0.25) is 4.79 Å². The number of alkyl carbamates (subject to hydrolysis) is 1. The van der Waals surface area contributed by atoms with Crippen LogP contribution in [-0.4, -0.2) is 23.6 Å². The summed E-state index contributed by atoms with van der Waals surface area (Å²) in [5.74, 6) is -0.383. The average molecular weight is 341 g/mol. The molecule has 0 fully saturated rings. The Balaban J connectivity index is 2.81. The van der Waals surface area contributed by atoms with Crippen LogP contribution < -0.4 is 10.6 Å². The van der Waals surface area contributed by atoms with Gasteiger partial charge in [-0.25, -0.2) is 4.79 Å². The lowest BCUT2D eigenvalue weighted by Crippen LogP contribution is -2.48. The van der Waals surface area contributed by atoms with Crippen LogP contribution >= 0.6 is 11.6 Å². The summed E-state index contributed by atoms with van der Waals surface area (Å²) < 4.78 is 5.21. The van der Waals surface area contributed by atoms with Gasteiger partial charge in [0.15, 0.2) is 0 Å². The Morgan fingerprint density at radius 3 is 2.30 bits per heavy atom. The molecule has 0 heterocycles. The third-order valence-electron chi connectivity index (χ3n) is 3.07. The van der Waals surface area contributed by atoms with E-state index in [1.807, 2.05) is 20.8 Å². The number of halogens is 1. The average Bonchev–Trinajstić information content (AvgIpc) is 2.36. The maximum atomic E-state index is 12.5. The lowest BCUT2D eigenvalue weighted by molar-refractivity contribution is -0.119. The summed E-state index contributed by atoms with van der Waals surface area (Å²) in [7, 11) is 0. The van der Waals surface area contributed by atoms with Crippen LogP contribution in [0.25, 0.3) is 0 Å². The summed E-state index contributed by atoms with van der Waals surface area (Å²) >= 11 is 5.91. The van der Waals surface area contributed by atoms with Gasteiger partial charge in [0, 0.05) is 10.7 Å². The molecule has 0 aromatic heterocycles. The lowest BCUT2D eigenvalue weighted by atomic mass is 10.0. The summed E-state index contributed by atoms with van der Waals surface area (Å²) in [5, 5.41) is 6.05. The Bertz CT molecular complexity index is 580. The van der Waals surface area contributed by atoms with Gasteiger partial charge >= 0.3 is 6.09 Å². The van der Waals surface area contributed by atoms with Crippen LogP contribution in [0.4, 0.5) is 10.5 Å². The van der Waals surface area contributed by atoms with Gasteiger partial charge in [-0.2, -0.15) is 0 Å². The first-order valence-electron chi connectivity index (χ1n) is 7.56. The molecule has 1 aromatic rings. The molecule has 0 aliphatic rings. The van der Waals surface area contributed by atoms with E-state index in [9.17, 15) is 9.59 Å². The fourth-order valence-electron chi connectivity index (χ4n) is 1.95. The molecule has 6 heteroatoms. The van der Waals surface area contributed by atoms with Crippen LogP contribution in [0.5, 0.6) is 0 Å². The number of benzene rings is 1. The molecule has 1 atom stereocenters. The molecular formula is C17H25ClN2O3. The number of hydrogen-bond acceptors (Lipinski definition) is 3. The molecule has 23 heavy (non-hydrogen) atoms. The Hall–Kier alpha value is -1.75. The molecule has 2 N–H and O–H groups in total. The van der Waals surface area contributed by atoms with Crippen molar-refractivity contribution in [3.63, 3.8) is 0 Å². The molecule has 5 nitrogen and oxygen atoms in total. The summed E-state index contributed by atoms with van der Waals surface area (Å²) in [6, 6.07) is 4.51. The second kappa shape index (κ2) is 7.68. The molecular weight excluding hydrogens is 316 g/mol. The smallest absolute Gasteiger partial charge is 0.408 e. The van der Waals surface area contributed by atoms with Gasteiger partial charge in [-0.15, -0.1) is 0 Å². The number of amides is 2. The normalized spacial score (nSPS) is 12.7. The number of carbonyl (C=O) groups is 2. The molecule has 0 radical (unpaired) electrons. The maximum Gasteiger partial charge on any atom is 0.408 e. The van der Waals surface area contributed by atoms with Crippen LogP contribution in [0.3, 0.4) is 0 Å². The molecule has 128 valence electrons. The van der Waals surface area contributed by atoms with Gasteiger partial charge in [0.2, 0.25) is 5.91 Å². The first kappa shape index (κ1) is 19.3. The maximum absolute atomic E-state index is 12.5. The Morgan fingerprint density at radius 1 is 1.22 bits per heavy atom. The highest BCUT2D eigenvalue weighted by atomic mass is 35.5. The van der Waals surface area contributed by atoms with Crippen LogP contribution in [-0.2, 0) is 9.53 Å². The minimum atomic E-state index is -0.695. The predicted octanol–water partition coefficient (Wildman–Crippen LogP) is 4.14. The third kappa shape index (κ3) is 6.48. The van der Waals surface area contributed by atoms with Crippen molar-refractivity contribution in [1.29, 1.82) is 0 Å². The highest BCUT2D eigenvalue weighted by Gasteiger charge is 2.27. The zero-order valence-corrected chi connectivity index (χ0v) is 15.2. The topological polar surface area (TPSA) is 67.4 Å². The van der Waals surface area contributed by atoms with Crippen molar-refractivity contribution in [3.05, 3.63) is 28.8 Å². The number of ether oxygens (including phenoxy) is 1. The second-order valence-electron chi connectivity index (χ2n) is 6.82. The van der Waals surface area contributed by atoms with E-state index < -0.39 is 17.7 Å². The number of anilines is 1. The van der Waals surface area contributed by atoms with Gasteiger partial charge in [0.05, 0.1) is 0 Å². The van der Waals surface area contributed by atoms with Gasteiger partial charge in [0.1, 0.15) is 11.6 Å². The van der Waals surface area contributed by atoms with Gasteiger partial charge in [-0.05, 0) is 57.4 Å². The van der Waals surface area contributed by atoms with Crippen molar-refractivity contribution < 1.29 is 14.3 Å². The van der Waals surface area contributed by atoms with Crippen LogP contribution in [0.15, 0.2) is 18.2 Å². The standard InChI is InChI=1S/C17H25ClN2O3/c1-10(2)14(20-16(22)23-17(4,5)6)15(21)19-13-8-7-12(18)9-11(13)3/h7-10,14H,1-6H3,(H,19,21)(H,20,22)/t14-/m1/s1. The minimum absolute atomic E-state index is 0.0878. The minimum Gasteiger partial charge on any atom is -0.444 e. The second-order valence-corrected chi connectivity index (χ2v) is 7.25. The largest absolute Gasteiger partial charge is 0.444 e. The first-order valence-corrected chi connectivity index (χ1v) is 7.94. The zero-order valence-electron chi connectivity index (χ0n) is 14.5. The number of hydrogen-bond donors (Lipinski definition) is 2. The van der Waals surface area contributed by atoms with E-state index in [2.05, 4.69) is 10.6 Å². The Kier molecular flexibility index (Phi) is 6.45. The third-order valence-corrected chi connectivity index (χ3v) is 3.30. The molecule has 0 unspecified atom stereocenters. The Morgan fingerprint density at radius 2 is 1.83 bits per heavy atom. The lowest BCUT2D eigenvalue weighted by Gasteiger charge is -2.25. The first-order chi connectivity index (χ1) is 10.5. The molecule has 1 rings (SSSR count).